The van der Waals surface area contributed by atoms with Gasteiger partial charge in [-0.3, -0.25) is 9.10 Å². The molecule has 0 aromatic heterocycles. The Labute approximate surface area is 224 Å². The average Bonchev–Trinajstić information content (AvgIpc) is 2.90. The van der Waals surface area contributed by atoms with E-state index in [9.17, 15) is 13.2 Å². The van der Waals surface area contributed by atoms with E-state index in [-0.39, 0.29) is 28.1 Å². The summed E-state index contributed by atoms with van der Waals surface area (Å²) in [6.45, 7) is 5.32. The predicted octanol–water partition coefficient (Wildman–Crippen LogP) is 4.41. The fourth-order valence-corrected chi connectivity index (χ4v) is 5.64. The van der Waals surface area contributed by atoms with Gasteiger partial charge in [-0.25, -0.2) is 8.42 Å². The second kappa shape index (κ2) is 12.1. The van der Waals surface area contributed by atoms with Gasteiger partial charge in [0.2, 0.25) is 5.91 Å². The van der Waals surface area contributed by atoms with E-state index in [0.29, 0.717) is 11.5 Å². The molecule has 1 unspecified atom stereocenters. The van der Waals surface area contributed by atoms with Gasteiger partial charge in [0.1, 0.15) is 18.0 Å². The van der Waals surface area contributed by atoms with E-state index >= 15 is 0 Å². The van der Waals surface area contributed by atoms with Gasteiger partial charge >= 0.3 is 0 Å². The van der Waals surface area contributed by atoms with Gasteiger partial charge in [-0.2, -0.15) is 0 Å². The van der Waals surface area contributed by atoms with Crippen LogP contribution in [0.25, 0.3) is 0 Å². The fourth-order valence-electron chi connectivity index (χ4n) is 4.20. The lowest BCUT2D eigenvalue weighted by atomic mass is 10.0. The van der Waals surface area contributed by atoms with E-state index < -0.39 is 22.5 Å². The molecule has 3 aromatic rings. The number of sulfonamides is 1. The Morgan fingerprint density at radius 1 is 0.842 bits per heavy atom. The molecule has 204 valence electrons. The number of hydrogen-bond donors (Lipinski definition) is 1. The van der Waals surface area contributed by atoms with Crippen LogP contribution >= 0.6 is 0 Å². The number of rotatable bonds is 11. The van der Waals surface area contributed by atoms with Crippen molar-refractivity contribution in [3.05, 3.63) is 71.3 Å². The van der Waals surface area contributed by atoms with Gasteiger partial charge in [0.05, 0.1) is 45.1 Å². The number of anilines is 1. The topological polar surface area (TPSA) is 103 Å². The first kappa shape index (κ1) is 28.6. The van der Waals surface area contributed by atoms with Gasteiger partial charge in [0, 0.05) is 12.1 Å². The van der Waals surface area contributed by atoms with Crippen LogP contribution in [0.3, 0.4) is 0 Å². The number of ether oxygens (including phenoxy) is 4. The third kappa shape index (κ3) is 6.13. The molecule has 3 rings (SSSR count). The predicted molar refractivity (Wildman–Crippen MR) is 146 cm³/mol. The molecule has 0 saturated carbocycles. The van der Waals surface area contributed by atoms with Crippen LogP contribution in [0, 0.1) is 13.8 Å². The van der Waals surface area contributed by atoms with E-state index in [1.54, 1.807) is 12.1 Å². The minimum atomic E-state index is -4.28. The zero-order valence-corrected chi connectivity index (χ0v) is 23.5. The summed E-state index contributed by atoms with van der Waals surface area (Å²) in [6, 6.07) is 14.6. The van der Waals surface area contributed by atoms with Crippen LogP contribution in [0.5, 0.6) is 23.0 Å². The van der Waals surface area contributed by atoms with Crippen LogP contribution < -0.4 is 28.6 Å². The quantitative estimate of drug-likeness (QED) is 0.383. The largest absolute Gasteiger partial charge is 0.497 e. The summed E-state index contributed by atoms with van der Waals surface area (Å²) in [6.07, 6.45) is 0. The summed E-state index contributed by atoms with van der Waals surface area (Å²) in [5, 5.41) is 2.93. The van der Waals surface area contributed by atoms with Crippen molar-refractivity contribution in [2.75, 3.05) is 39.3 Å². The first-order chi connectivity index (χ1) is 18.0. The highest BCUT2D eigenvalue weighted by molar-refractivity contribution is 7.92. The Morgan fingerprint density at radius 3 is 2.11 bits per heavy atom. The maximum atomic E-state index is 14.0. The van der Waals surface area contributed by atoms with E-state index in [1.165, 1.54) is 52.7 Å². The first-order valence-electron chi connectivity index (χ1n) is 11.9. The number of hydrogen-bond acceptors (Lipinski definition) is 7. The minimum absolute atomic E-state index is 0.0877. The van der Waals surface area contributed by atoms with Crippen LogP contribution in [-0.4, -0.2) is 49.3 Å². The molecular weight excluding hydrogens is 508 g/mol. The van der Waals surface area contributed by atoms with E-state index in [1.807, 2.05) is 39.0 Å². The lowest BCUT2D eigenvalue weighted by molar-refractivity contribution is -0.120. The molecule has 0 saturated heterocycles. The lowest BCUT2D eigenvalue weighted by Gasteiger charge is -2.27. The number of methoxy groups -OCH3 is 4. The SMILES string of the molecule is COc1ccc(OC)c(N(CC(=O)NC(C)c2ccc(C)cc2C)S(=O)(=O)c2ccc(OC)c(OC)c2)c1. The van der Waals surface area contributed by atoms with Crippen molar-refractivity contribution in [2.24, 2.45) is 0 Å². The molecule has 0 aliphatic carbocycles. The van der Waals surface area contributed by atoms with Crippen LogP contribution in [0.15, 0.2) is 59.5 Å². The molecule has 9 nitrogen and oxygen atoms in total. The van der Waals surface area contributed by atoms with Crippen molar-refractivity contribution < 1.29 is 32.2 Å². The first-order valence-corrected chi connectivity index (χ1v) is 13.3. The van der Waals surface area contributed by atoms with Crippen LogP contribution in [-0.2, 0) is 14.8 Å². The molecule has 3 aromatic carbocycles. The highest BCUT2D eigenvalue weighted by atomic mass is 32.2. The number of nitrogens with zero attached hydrogens (tertiary/aromatic N) is 1. The lowest BCUT2D eigenvalue weighted by Crippen LogP contribution is -2.41. The number of benzene rings is 3. The van der Waals surface area contributed by atoms with E-state index in [4.69, 9.17) is 18.9 Å². The monoisotopic (exact) mass is 542 g/mol. The highest BCUT2D eigenvalue weighted by Gasteiger charge is 2.31. The molecular formula is C28H34N2O7S. The smallest absolute Gasteiger partial charge is 0.265 e. The third-order valence-electron chi connectivity index (χ3n) is 6.15. The Kier molecular flexibility index (Phi) is 9.11. The summed E-state index contributed by atoms with van der Waals surface area (Å²) in [7, 11) is 1.49. The average molecular weight is 543 g/mol. The molecule has 10 heteroatoms. The Morgan fingerprint density at radius 2 is 1.50 bits per heavy atom. The molecule has 0 heterocycles. The van der Waals surface area contributed by atoms with Crippen molar-refractivity contribution in [1.82, 2.24) is 5.32 Å². The summed E-state index contributed by atoms with van der Waals surface area (Å²) >= 11 is 0. The zero-order chi connectivity index (χ0) is 28.0. The maximum absolute atomic E-state index is 14.0. The second-order valence-corrected chi connectivity index (χ2v) is 10.6. The Bertz CT molecular complexity index is 1410. The highest BCUT2D eigenvalue weighted by Crippen LogP contribution is 2.37. The van der Waals surface area contributed by atoms with Crippen LogP contribution in [0.1, 0.15) is 29.7 Å². The summed E-state index contributed by atoms with van der Waals surface area (Å²) in [4.78, 5) is 13.2. The van der Waals surface area contributed by atoms with E-state index in [0.717, 1.165) is 21.0 Å². The van der Waals surface area contributed by atoms with Crippen molar-refractivity contribution >= 4 is 21.6 Å². The minimum Gasteiger partial charge on any atom is -0.497 e. The standard InChI is InChI=1S/C28H34N2O7S/c1-18-8-11-23(19(2)14-18)20(3)29-28(31)17-30(24-15-21(34-4)9-12-25(24)35-5)38(32,33)22-10-13-26(36-6)27(16-22)37-7/h8-16,20H,17H2,1-7H3,(H,29,31). The van der Waals surface area contributed by atoms with Gasteiger partial charge in [-0.15, -0.1) is 0 Å². The summed E-state index contributed by atoms with van der Waals surface area (Å²) < 4.78 is 50.4. The van der Waals surface area contributed by atoms with Crippen LogP contribution in [0.4, 0.5) is 5.69 Å². The molecule has 0 radical (unpaired) electrons. The van der Waals surface area contributed by atoms with Gasteiger partial charge in [0.15, 0.2) is 11.5 Å². The molecule has 1 amide bonds. The Hall–Kier alpha value is -3.92. The van der Waals surface area contributed by atoms with Crippen molar-refractivity contribution in [1.29, 1.82) is 0 Å². The molecule has 1 atom stereocenters. The molecule has 0 aliphatic heterocycles. The van der Waals surface area contributed by atoms with Gasteiger partial charge in [-0.05, 0) is 56.2 Å². The van der Waals surface area contributed by atoms with Gasteiger partial charge < -0.3 is 24.3 Å². The number of carbonyl (C=O) groups excluding carboxylic acids is 1. The van der Waals surface area contributed by atoms with Gasteiger partial charge in [-0.1, -0.05) is 23.8 Å². The van der Waals surface area contributed by atoms with Crippen molar-refractivity contribution in [3.63, 3.8) is 0 Å². The maximum Gasteiger partial charge on any atom is 0.265 e. The summed E-state index contributed by atoms with van der Waals surface area (Å²) in [5.74, 6) is 0.768. The van der Waals surface area contributed by atoms with Gasteiger partial charge in [0.25, 0.3) is 10.0 Å². The van der Waals surface area contributed by atoms with Crippen LogP contribution in [0.2, 0.25) is 0 Å². The van der Waals surface area contributed by atoms with E-state index in [2.05, 4.69) is 5.32 Å². The normalized spacial score (nSPS) is 11.9. The Balaban J connectivity index is 2.05. The molecule has 0 fully saturated rings. The molecule has 0 bridgehead atoms. The number of amides is 1. The number of carbonyl (C=O) groups is 1. The molecule has 1 N–H and O–H groups in total. The number of nitrogens with one attached hydrogen (secondary N) is 1. The van der Waals surface area contributed by atoms with Crippen molar-refractivity contribution in [3.8, 4) is 23.0 Å². The van der Waals surface area contributed by atoms with Crippen molar-refractivity contribution in [2.45, 2.75) is 31.7 Å². The molecule has 38 heavy (non-hydrogen) atoms. The fraction of sp³-hybridized carbons (Fsp3) is 0.321. The molecule has 0 spiro atoms. The second-order valence-electron chi connectivity index (χ2n) is 8.72. The zero-order valence-electron chi connectivity index (χ0n) is 22.7. The summed E-state index contributed by atoms with van der Waals surface area (Å²) in [5.41, 5.74) is 3.23. The molecule has 0 aliphatic rings. The third-order valence-corrected chi connectivity index (χ3v) is 7.91. The number of aryl methyl sites for hydroxylation is 2.